The van der Waals surface area contributed by atoms with E-state index in [2.05, 4.69) is 9.97 Å². The summed E-state index contributed by atoms with van der Waals surface area (Å²) in [6, 6.07) is 11.6. The Bertz CT molecular complexity index is 482. The van der Waals surface area contributed by atoms with Gasteiger partial charge in [-0.1, -0.05) is 12.1 Å². The van der Waals surface area contributed by atoms with E-state index in [1.807, 2.05) is 36.4 Å². The molecule has 0 atom stereocenters. The molecule has 0 saturated heterocycles. The minimum atomic E-state index is -4.21. The summed E-state index contributed by atoms with van der Waals surface area (Å²) in [6.45, 7) is 0. The molecule has 0 fully saturated rings. The van der Waals surface area contributed by atoms with Gasteiger partial charge in [0, 0.05) is 12.4 Å². The largest absolute Gasteiger partial charge is 0.255 e. The molecule has 0 bridgehead atoms. The van der Waals surface area contributed by atoms with Crippen LogP contribution in [0.4, 0.5) is 0 Å². The summed E-state index contributed by atoms with van der Waals surface area (Å²) in [5, 5.41) is 0. The van der Waals surface area contributed by atoms with Gasteiger partial charge in [0.15, 0.2) is 0 Å². The van der Waals surface area contributed by atoms with E-state index in [0.717, 1.165) is 11.4 Å². The van der Waals surface area contributed by atoms with Crippen LogP contribution in [-0.4, -0.2) is 9.97 Å². The topological polar surface area (TPSA) is 77.0 Å². The van der Waals surface area contributed by atoms with Gasteiger partial charge in [0.05, 0.1) is 11.4 Å². The number of aromatic nitrogens is 2. The molecule has 0 aromatic carbocycles. The summed E-state index contributed by atoms with van der Waals surface area (Å²) >= 11 is -4.21. The van der Waals surface area contributed by atoms with Crippen molar-refractivity contribution < 1.29 is 27.0 Å². The molecule has 0 aliphatic carbocycles. The Morgan fingerprint density at radius 3 is 1.35 bits per heavy atom. The second-order valence-corrected chi connectivity index (χ2v) is 3.98. The van der Waals surface area contributed by atoms with Gasteiger partial charge in [0.1, 0.15) is 0 Å². The van der Waals surface area contributed by atoms with E-state index in [1.54, 1.807) is 12.4 Å². The quantitative estimate of drug-likeness (QED) is 0.680. The molecule has 17 heavy (non-hydrogen) atoms. The van der Waals surface area contributed by atoms with Crippen LogP contribution in [0.3, 0.4) is 0 Å². The molecule has 6 heteroatoms. The first kappa shape index (κ1) is 15.4. The molecular formula is C11H11N2O3Re-. The summed E-state index contributed by atoms with van der Waals surface area (Å²) in [6.07, 6.45) is 3.54. The van der Waals surface area contributed by atoms with Crippen molar-refractivity contribution in [2.75, 3.05) is 0 Å². The molecule has 91 valence electrons. The average molecular weight is 405 g/mol. The second kappa shape index (κ2) is 8.51. The van der Waals surface area contributed by atoms with E-state index in [1.165, 1.54) is 0 Å². The predicted octanol–water partition coefficient (Wildman–Crippen LogP) is 2.23. The Hall–Kier alpha value is -1.64. The zero-order valence-corrected chi connectivity index (χ0v) is 11.8. The minimum Gasteiger partial charge on any atom is -0.255 e. The van der Waals surface area contributed by atoms with Crippen LogP contribution < -0.4 is 0 Å². The maximum Gasteiger partial charge on any atom is 0.0886 e. The number of nitrogens with zero attached hydrogens (tertiary/aromatic N) is 2. The van der Waals surface area contributed by atoms with Crippen molar-refractivity contribution in [2.45, 2.75) is 0 Å². The van der Waals surface area contributed by atoms with E-state index in [-0.39, 0.29) is 7.43 Å². The summed E-state index contributed by atoms with van der Waals surface area (Å²) < 4.78 is 25.8. The van der Waals surface area contributed by atoms with Crippen molar-refractivity contribution in [1.29, 1.82) is 0 Å². The molecule has 2 aromatic rings. The molecule has 0 aliphatic heterocycles. The Labute approximate surface area is 105 Å². The molecule has 0 N–H and O–H groups in total. The first-order valence-electron chi connectivity index (χ1n) is 4.25. The molecule has 2 rings (SSSR count). The van der Waals surface area contributed by atoms with Gasteiger partial charge in [-0.2, -0.15) is 0 Å². The van der Waals surface area contributed by atoms with Crippen LogP contribution in [-0.2, 0) is 27.0 Å². The SMILES string of the molecule is [CH3-].[O]=[Re](=[O])=[O].c1ccc(-c2ccccn2)nc1. The van der Waals surface area contributed by atoms with Gasteiger partial charge >= 0.3 is 27.0 Å². The van der Waals surface area contributed by atoms with Gasteiger partial charge in [0.2, 0.25) is 0 Å². The normalized spacial score (nSPS) is 8.24. The molecule has 0 saturated carbocycles. The molecular weight excluding hydrogens is 394 g/mol. The molecule has 2 heterocycles. The Balaban J connectivity index is 0.000000453. The summed E-state index contributed by atoms with van der Waals surface area (Å²) in [5.41, 5.74) is 1.83. The summed E-state index contributed by atoms with van der Waals surface area (Å²) in [4.78, 5) is 8.37. The van der Waals surface area contributed by atoms with Gasteiger partial charge in [-0.25, -0.2) is 0 Å². The fraction of sp³-hybridized carbons (Fsp3) is 0. The van der Waals surface area contributed by atoms with E-state index >= 15 is 0 Å². The predicted molar refractivity (Wildman–Crippen MR) is 55.9 cm³/mol. The number of pyridine rings is 2. The zero-order valence-electron chi connectivity index (χ0n) is 9.12. The van der Waals surface area contributed by atoms with E-state index in [9.17, 15) is 0 Å². The van der Waals surface area contributed by atoms with Crippen LogP contribution in [0.5, 0.6) is 0 Å². The van der Waals surface area contributed by atoms with E-state index in [0.29, 0.717) is 0 Å². The first-order chi connectivity index (χ1) is 7.70. The molecule has 0 aliphatic rings. The van der Waals surface area contributed by atoms with Gasteiger partial charge in [-0.05, 0) is 24.3 Å². The van der Waals surface area contributed by atoms with Crippen LogP contribution in [0.25, 0.3) is 11.4 Å². The average Bonchev–Trinajstić information content (AvgIpc) is 2.31. The van der Waals surface area contributed by atoms with Crippen molar-refractivity contribution in [1.82, 2.24) is 9.97 Å². The van der Waals surface area contributed by atoms with Crippen molar-refractivity contribution in [3.63, 3.8) is 0 Å². The van der Waals surface area contributed by atoms with Gasteiger partial charge < -0.3 is 7.43 Å². The standard InChI is InChI=1S/C10H8N2.CH3.3O.Re/c1-3-7-11-9(5-1)10-6-2-4-8-12-10;;;;;/h1-8H;1H3;;;;/q;-1;;;;. The monoisotopic (exact) mass is 406 g/mol. The molecule has 0 unspecified atom stereocenters. The van der Waals surface area contributed by atoms with E-state index in [4.69, 9.17) is 10.4 Å². The Morgan fingerprint density at radius 2 is 1.12 bits per heavy atom. The van der Waals surface area contributed by atoms with Crippen LogP contribution >= 0.6 is 0 Å². The van der Waals surface area contributed by atoms with Gasteiger partial charge in [0.25, 0.3) is 0 Å². The van der Waals surface area contributed by atoms with Crippen LogP contribution in [0, 0.1) is 7.43 Å². The van der Waals surface area contributed by atoms with Crippen LogP contribution in [0.15, 0.2) is 48.8 Å². The smallest absolute Gasteiger partial charge is 0.0886 e. The van der Waals surface area contributed by atoms with Crippen molar-refractivity contribution in [2.24, 2.45) is 0 Å². The summed E-state index contributed by atoms with van der Waals surface area (Å²) in [5.74, 6) is 0. The third-order valence-electron chi connectivity index (χ3n) is 1.59. The van der Waals surface area contributed by atoms with Gasteiger partial charge in [-0.15, -0.1) is 0 Å². The van der Waals surface area contributed by atoms with Gasteiger partial charge in [-0.3, -0.25) is 9.97 Å². The maximum absolute atomic E-state index is 8.60. The second-order valence-electron chi connectivity index (χ2n) is 2.62. The van der Waals surface area contributed by atoms with Crippen molar-refractivity contribution in [3.8, 4) is 11.4 Å². The molecule has 5 nitrogen and oxygen atoms in total. The van der Waals surface area contributed by atoms with Crippen molar-refractivity contribution >= 4 is 0 Å². The molecule has 0 radical (unpaired) electrons. The molecule has 2 aromatic heterocycles. The fourth-order valence-electron chi connectivity index (χ4n) is 1.03. The number of rotatable bonds is 1. The third kappa shape index (κ3) is 6.51. The van der Waals surface area contributed by atoms with E-state index < -0.39 is 16.6 Å². The maximum atomic E-state index is 8.60. The summed E-state index contributed by atoms with van der Waals surface area (Å²) in [7, 11) is 0. The molecule has 0 spiro atoms. The zero-order chi connectivity index (χ0) is 11.8. The first-order valence-corrected chi connectivity index (χ1v) is 7.58. The Morgan fingerprint density at radius 1 is 0.765 bits per heavy atom. The van der Waals surface area contributed by atoms with Crippen LogP contribution in [0.1, 0.15) is 0 Å². The van der Waals surface area contributed by atoms with Crippen molar-refractivity contribution in [3.05, 3.63) is 56.2 Å². The minimum absolute atomic E-state index is 0. The van der Waals surface area contributed by atoms with Crippen LogP contribution in [0.2, 0.25) is 0 Å². The Kier molecular flexibility index (Phi) is 7.69. The fourth-order valence-corrected chi connectivity index (χ4v) is 1.03. The number of hydrogen-bond donors (Lipinski definition) is 0. The third-order valence-corrected chi connectivity index (χ3v) is 1.59. The molecule has 0 amide bonds. The number of hydrogen-bond acceptors (Lipinski definition) is 5.